The molecule has 0 aromatic heterocycles. The number of nitrogens with zero attached hydrogens (tertiary/aromatic N) is 3. The molecule has 1 heterocycles. The highest BCUT2D eigenvalue weighted by Crippen LogP contribution is 2.36. The van der Waals surface area contributed by atoms with Crippen molar-refractivity contribution in [1.29, 1.82) is 0 Å². The van der Waals surface area contributed by atoms with Gasteiger partial charge < -0.3 is 9.64 Å². The number of benzene rings is 1. The minimum atomic E-state index is -0.465. The molecule has 0 aliphatic carbocycles. The minimum absolute atomic E-state index is 0.0409. The van der Waals surface area contributed by atoms with Gasteiger partial charge in [-0.1, -0.05) is 115 Å². The Labute approximate surface area is 345 Å². The van der Waals surface area contributed by atoms with E-state index in [1.54, 1.807) is 6.92 Å². The van der Waals surface area contributed by atoms with Gasteiger partial charge in [0.25, 0.3) is 17.5 Å². The molecule has 1 aromatic rings. The van der Waals surface area contributed by atoms with Crippen molar-refractivity contribution in [2.24, 2.45) is 40.9 Å². The zero-order valence-electron chi connectivity index (χ0n) is 38.4. The van der Waals surface area contributed by atoms with Gasteiger partial charge in [-0.15, -0.1) is 0 Å². The fourth-order valence-corrected chi connectivity index (χ4v) is 9.04. The summed E-state index contributed by atoms with van der Waals surface area (Å²) in [5.74, 6) is 3.16. The smallest absolute Gasteiger partial charge is 0.260 e. The van der Waals surface area contributed by atoms with E-state index in [-0.39, 0.29) is 22.9 Å². The fraction of sp³-hybridized carbons (Fsp3) is 0.740. The minimum Gasteiger partial charge on any atom is -0.493 e. The molecule has 0 radical (unpaired) electrons. The number of hydrogen-bond acceptors (Lipinski definition) is 4. The van der Waals surface area contributed by atoms with Crippen LogP contribution < -0.4 is 9.64 Å². The van der Waals surface area contributed by atoms with Crippen LogP contribution in [-0.2, 0) is 9.59 Å². The molecule has 0 saturated heterocycles. The molecular weight excluding hydrogens is 691 g/mol. The Kier molecular flexibility index (Phi) is 21.6. The standard InChI is InChI=1S/C50H83N3O3/c1-15-19-22-41(18-4)34-53-48(54)45(40(10)47(51-14)49(53)55)31-43-23-24-44(52(25-20-16-2)26-21-17-3)32-46(43)56-35-42(30-39(9)33-50(11,12)13)29-38(8)28-37(7)27-36(5)6/h23-24,31-32,36-39,41-42H,15-22,25-30,33-35H2,1-13H3. The largest absolute Gasteiger partial charge is 0.493 e. The molecule has 0 N–H and O–H groups in total. The lowest BCUT2D eigenvalue weighted by Gasteiger charge is -2.31. The van der Waals surface area contributed by atoms with E-state index in [1.807, 2.05) is 6.08 Å². The molecule has 1 aliphatic heterocycles. The Morgan fingerprint density at radius 3 is 1.98 bits per heavy atom. The Hall–Kier alpha value is -3.07. The quantitative estimate of drug-likeness (QED) is 0.0534. The zero-order chi connectivity index (χ0) is 42.0. The monoisotopic (exact) mass is 774 g/mol. The third-order valence-corrected chi connectivity index (χ3v) is 11.6. The molecule has 6 heteroatoms. The molecule has 2 amide bonds. The van der Waals surface area contributed by atoms with Gasteiger partial charge in [0.15, 0.2) is 0 Å². The lowest BCUT2D eigenvalue weighted by molar-refractivity contribution is -0.141. The van der Waals surface area contributed by atoms with Crippen LogP contribution in [0.15, 0.2) is 35.0 Å². The van der Waals surface area contributed by atoms with E-state index < -0.39 is 5.91 Å². The predicted octanol–water partition coefficient (Wildman–Crippen LogP) is 13.8. The summed E-state index contributed by atoms with van der Waals surface area (Å²) in [7, 11) is 0. The molecule has 0 saturated carbocycles. The maximum Gasteiger partial charge on any atom is 0.260 e. The second-order valence-electron chi connectivity index (χ2n) is 19.3. The van der Waals surface area contributed by atoms with Crippen LogP contribution in [0.25, 0.3) is 10.9 Å². The van der Waals surface area contributed by atoms with E-state index >= 15 is 0 Å². The zero-order valence-corrected chi connectivity index (χ0v) is 38.4. The molecule has 1 aliphatic rings. The molecule has 0 bridgehead atoms. The Bertz CT molecular complexity index is 1450. The molecule has 6 nitrogen and oxygen atoms in total. The number of carbonyl (C=O) groups excluding carboxylic acids is 2. The van der Waals surface area contributed by atoms with Crippen molar-refractivity contribution >= 4 is 23.6 Å². The van der Waals surface area contributed by atoms with Crippen LogP contribution in [0.3, 0.4) is 0 Å². The van der Waals surface area contributed by atoms with Crippen molar-refractivity contribution in [2.75, 3.05) is 31.1 Å². The number of anilines is 1. The van der Waals surface area contributed by atoms with Crippen LogP contribution in [0, 0.1) is 47.5 Å². The number of carbonyl (C=O) groups is 2. The summed E-state index contributed by atoms with van der Waals surface area (Å²) in [5, 5.41) is 0. The summed E-state index contributed by atoms with van der Waals surface area (Å²) in [6, 6.07) is 6.43. The van der Waals surface area contributed by atoms with Gasteiger partial charge in [0.1, 0.15) is 5.75 Å². The van der Waals surface area contributed by atoms with E-state index in [4.69, 9.17) is 11.3 Å². The van der Waals surface area contributed by atoms with Crippen molar-refractivity contribution in [3.05, 3.63) is 52.0 Å². The normalized spacial score (nSPS) is 17.3. The lowest BCUT2D eigenvalue weighted by atomic mass is 9.79. The molecule has 0 spiro atoms. The average molecular weight is 774 g/mol. The topological polar surface area (TPSA) is 54.2 Å². The van der Waals surface area contributed by atoms with Crippen molar-refractivity contribution in [2.45, 2.75) is 173 Å². The highest BCUT2D eigenvalue weighted by atomic mass is 16.5. The van der Waals surface area contributed by atoms with Crippen molar-refractivity contribution in [3.8, 4) is 5.75 Å². The van der Waals surface area contributed by atoms with Crippen molar-refractivity contribution in [1.82, 2.24) is 4.90 Å². The van der Waals surface area contributed by atoms with Crippen LogP contribution in [0.4, 0.5) is 5.69 Å². The predicted molar refractivity (Wildman–Crippen MR) is 240 cm³/mol. The van der Waals surface area contributed by atoms with E-state index in [0.717, 1.165) is 94.3 Å². The van der Waals surface area contributed by atoms with Crippen LogP contribution in [-0.4, -0.2) is 43.0 Å². The molecule has 56 heavy (non-hydrogen) atoms. The Morgan fingerprint density at radius 1 is 0.821 bits per heavy atom. The number of unbranched alkanes of at least 4 members (excludes halogenated alkanes) is 3. The first-order valence-corrected chi connectivity index (χ1v) is 22.7. The Morgan fingerprint density at radius 2 is 1.43 bits per heavy atom. The second-order valence-corrected chi connectivity index (χ2v) is 19.3. The first-order chi connectivity index (χ1) is 26.5. The summed E-state index contributed by atoms with van der Waals surface area (Å²) >= 11 is 0. The summed E-state index contributed by atoms with van der Waals surface area (Å²) in [4.78, 5) is 35.4. The van der Waals surface area contributed by atoms with Gasteiger partial charge in [-0.05, 0) is 123 Å². The van der Waals surface area contributed by atoms with E-state index in [0.29, 0.717) is 53.9 Å². The lowest BCUT2D eigenvalue weighted by Crippen LogP contribution is -2.44. The first kappa shape index (κ1) is 49.1. The summed E-state index contributed by atoms with van der Waals surface area (Å²) < 4.78 is 7.00. The van der Waals surface area contributed by atoms with Crippen LogP contribution in [0.1, 0.15) is 179 Å². The van der Waals surface area contributed by atoms with E-state index in [2.05, 4.69) is 111 Å². The number of amides is 2. The molecule has 316 valence electrons. The van der Waals surface area contributed by atoms with Gasteiger partial charge in [0.05, 0.1) is 13.2 Å². The summed E-state index contributed by atoms with van der Waals surface area (Å²) in [6.07, 6.45) is 16.2. The van der Waals surface area contributed by atoms with Gasteiger partial charge >= 0.3 is 0 Å². The van der Waals surface area contributed by atoms with Gasteiger partial charge in [-0.2, -0.15) is 0 Å². The maximum atomic E-state index is 14.3. The molecule has 1 aromatic carbocycles. The highest BCUT2D eigenvalue weighted by molar-refractivity contribution is 6.19. The number of hydrogen-bond donors (Lipinski definition) is 0. The van der Waals surface area contributed by atoms with Crippen LogP contribution in [0.5, 0.6) is 5.75 Å². The maximum absolute atomic E-state index is 14.3. The third kappa shape index (κ3) is 16.4. The number of rotatable bonds is 26. The molecule has 5 unspecified atom stereocenters. The first-order valence-electron chi connectivity index (χ1n) is 22.7. The van der Waals surface area contributed by atoms with Gasteiger partial charge in [-0.3, -0.25) is 14.5 Å². The van der Waals surface area contributed by atoms with E-state index in [9.17, 15) is 9.59 Å². The van der Waals surface area contributed by atoms with Crippen molar-refractivity contribution < 1.29 is 14.3 Å². The molecule has 2 rings (SSSR count). The summed E-state index contributed by atoms with van der Waals surface area (Å²) in [5.41, 5.74) is 3.13. The van der Waals surface area contributed by atoms with Crippen LogP contribution in [0.2, 0.25) is 0 Å². The van der Waals surface area contributed by atoms with Crippen molar-refractivity contribution in [3.63, 3.8) is 0 Å². The molecule has 5 atom stereocenters. The van der Waals surface area contributed by atoms with Gasteiger partial charge in [0, 0.05) is 42.5 Å². The second kappa shape index (κ2) is 24.6. The SMILES string of the molecule is [C-]#[N+]C1=C(C)C(=Cc2ccc(N(CCCC)CCCC)cc2OCC(CC(C)CC(C)CC(C)C)CC(C)CC(C)(C)C)C(=O)N(CC(CC)CCCC)C1=O. The fourth-order valence-electron chi connectivity index (χ4n) is 9.04. The third-order valence-electron chi connectivity index (χ3n) is 11.6. The number of ether oxygens (including phenoxy) is 1. The Balaban J connectivity index is 2.67. The van der Waals surface area contributed by atoms with E-state index in [1.165, 1.54) is 24.2 Å². The summed E-state index contributed by atoms with van der Waals surface area (Å²) in [6.45, 7) is 40.3. The van der Waals surface area contributed by atoms with Gasteiger partial charge in [-0.25, -0.2) is 4.85 Å². The van der Waals surface area contributed by atoms with Crippen LogP contribution >= 0.6 is 0 Å². The molecule has 0 fully saturated rings. The highest BCUT2D eigenvalue weighted by Gasteiger charge is 2.37. The van der Waals surface area contributed by atoms with Gasteiger partial charge in [0.2, 0.25) is 0 Å². The number of imide groups is 1. The molecular formula is C50H83N3O3. The average Bonchev–Trinajstić information content (AvgIpc) is 3.11.